The van der Waals surface area contributed by atoms with Crippen LogP contribution in [0.15, 0.2) is 48.5 Å². The summed E-state index contributed by atoms with van der Waals surface area (Å²) in [7, 11) is 0. The number of anilines is 1. The summed E-state index contributed by atoms with van der Waals surface area (Å²) in [6, 6.07) is 12.4. The van der Waals surface area contributed by atoms with Gasteiger partial charge in [0.05, 0.1) is 6.42 Å². The van der Waals surface area contributed by atoms with Crippen LogP contribution in [0.25, 0.3) is 0 Å². The van der Waals surface area contributed by atoms with Crippen LogP contribution in [0.5, 0.6) is 0 Å². The van der Waals surface area contributed by atoms with E-state index in [2.05, 4.69) is 5.32 Å². The van der Waals surface area contributed by atoms with E-state index in [1.807, 2.05) is 13.8 Å². The van der Waals surface area contributed by atoms with E-state index in [4.69, 9.17) is 4.74 Å². The van der Waals surface area contributed by atoms with Crippen LogP contribution in [0, 0.1) is 5.82 Å². The number of benzene rings is 2. The molecule has 0 radical (unpaired) electrons. The Morgan fingerprint density at radius 1 is 1.04 bits per heavy atom. The molecule has 0 atom stereocenters. The molecule has 28 heavy (non-hydrogen) atoms. The third-order valence-electron chi connectivity index (χ3n) is 4.10. The highest BCUT2D eigenvalue weighted by molar-refractivity contribution is 5.97. The van der Waals surface area contributed by atoms with Crippen LogP contribution in [0.3, 0.4) is 0 Å². The third-order valence-corrected chi connectivity index (χ3v) is 4.10. The first-order chi connectivity index (χ1) is 13.4. The van der Waals surface area contributed by atoms with E-state index in [-0.39, 0.29) is 17.9 Å². The van der Waals surface area contributed by atoms with Crippen LogP contribution in [0.1, 0.15) is 29.8 Å². The van der Waals surface area contributed by atoms with Gasteiger partial charge in [-0.2, -0.15) is 0 Å². The van der Waals surface area contributed by atoms with Gasteiger partial charge in [-0.3, -0.25) is 14.4 Å². The Labute approximate surface area is 163 Å². The van der Waals surface area contributed by atoms with Gasteiger partial charge < -0.3 is 15.0 Å². The molecule has 2 aromatic carbocycles. The van der Waals surface area contributed by atoms with Gasteiger partial charge in [-0.15, -0.1) is 0 Å². The minimum absolute atomic E-state index is 0.127. The van der Waals surface area contributed by atoms with Crippen molar-refractivity contribution in [1.29, 1.82) is 0 Å². The molecule has 2 amide bonds. The lowest BCUT2D eigenvalue weighted by atomic mass is 10.1. The highest BCUT2D eigenvalue weighted by Gasteiger charge is 2.14. The van der Waals surface area contributed by atoms with Crippen LogP contribution < -0.4 is 5.32 Å². The molecule has 0 saturated carbocycles. The number of nitrogens with one attached hydrogen (secondary N) is 1. The van der Waals surface area contributed by atoms with Crippen molar-refractivity contribution in [2.75, 3.05) is 25.0 Å². The summed E-state index contributed by atoms with van der Waals surface area (Å²) in [5.41, 5.74) is 1.08. The molecule has 6 nitrogen and oxygen atoms in total. The molecule has 2 aromatic rings. The number of halogens is 1. The lowest BCUT2D eigenvalue weighted by Gasteiger charge is -2.19. The first kappa shape index (κ1) is 21.1. The number of rotatable bonds is 8. The average Bonchev–Trinajstić information content (AvgIpc) is 2.69. The second-order valence-corrected chi connectivity index (χ2v) is 6.04. The fourth-order valence-corrected chi connectivity index (χ4v) is 2.61. The van der Waals surface area contributed by atoms with E-state index in [0.717, 1.165) is 0 Å². The Bertz CT molecular complexity index is 850. The van der Waals surface area contributed by atoms with Crippen LogP contribution in [0.4, 0.5) is 10.1 Å². The average molecular weight is 386 g/mol. The molecule has 0 aromatic heterocycles. The largest absolute Gasteiger partial charge is 0.455 e. The number of ether oxygens (including phenoxy) is 1. The Hall–Kier alpha value is -3.22. The normalized spacial score (nSPS) is 10.2. The molecule has 0 saturated heterocycles. The summed E-state index contributed by atoms with van der Waals surface area (Å²) in [5, 5.41) is 2.58. The van der Waals surface area contributed by atoms with Gasteiger partial charge in [0.1, 0.15) is 5.82 Å². The van der Waals surface area contributed by atoms with Crippen LogP contribution in [-0.2, 0) is 20.7 Å². The van der Waals surface area contributed by atoms with E-state index in [1.165, 1.54) is 18.2 Å². The summed E-state index contributed by atoms with van der Waals surface area (Å²) in [5.74, 6) is -1.88. The highest BCUT2D eigenvalue weighted by Crippen LogP contribution is 2.13. The predicted molar refractivity (Wildman–Crippen MR) is 103 cm³/mol. The van der Waals surface area contributed by atoms with E-state index in [1.54, 1.807) is 35.2 Å². The molecular weight excluding hydrogens is 363 g/mol. The van der Waals surface area contributed by atoms with E-state index in [9.17, 15) is 18.8 Å². The fraction of sp³-hybridized carbons (Fsp3) is 0.286. The zero-order chi connectivity index (χ0) is 20.5. The predicted octanol–water partition coefficient (Wildman–Crippen LogP) is 3.03. The van der Waals surface area contributed by atoms with Gasteiger partial charge in [-0.05, 0) is 43.7 Å². The first-order valence-corrected chi connectivity index (χ1v) is 9.02. The number of amides is 2. The number of carbonyl (C=O) groups is 3. The van der Waals surface area contributed by atoms with Crippen molar-refractivity contribution < 1.29 is 23.5 Å². The number of hydrogen-bond donors (Lipinski definition) is 1. The lowest BCUT2D eigenvalue weighted by molar-refractivity contribution is -0.146. The summed E-state index contributed by atoms with van der Waals surface area (Å²) >= 11 is 0. The van der Waals surface area contributed by atoms with Crippen molar-refractivity contribution in [2.24, 2.45) is 0 Å². The van der Waals surface area contributed by atoms with Crippen LogP contribution >= 0.6 is 0 Å². The molecule has 0 aliphatic rings. The summed E-state index contributed by atoms with van der Waals surface area (Å²) in [6.07, 6.45) is -0.256. The summed E-state index contributed by atoms with van der Waals surface area (Å²) in [4.78, 5) is 37.8. The molecule has 0 aliphatic heterocycles. The first-order valence-electron chi connectivity index (χ1n) is 9.02. The quantitative estimate of drug-likeness (QED) is 0.708. The Morgan fingerprint density at radius 3 is 2.43 bits per heavy atom. The van der Waals surface area contributed by atoms with Crippen molar-refractivity contribution in [2.45, 2.75) is 20.3 Å². The summed E-state index contributed by atoms with van der Waals surface area (Å²) < 4.78 is 18.4. The van der Waals surface area contributed by atoms with Crippen LogP contribution in [0.2, 0.25) is 0 Å². The van der Waals surface area contributed by atoms with Crippen molar-refractivity contribution in [3.8, 4) is 0 Å². The second-order valence-electron chi connectivity index (χ2n) is 6.04. The van der Waals surface area contributed by atoms with Gasteiger partial charge in [-0.1, -0.05) is 24.3 Å². The minimum Gasteiger partial charge on any atom is -0.455 e. The lowest BCUT2D eigenvalue weighted by Crippen LogP contribution is -2.30. The van der Waals surface area contributed by atoms with Gasteiger partial charge in [0.25, 0.3) is 11.8 Å². The number of nitrogens with zero attached hydrogens (tertiary/aromatic N) is 1. The number of carbonyl (C=O) groups excluding carboxylic acids is 3. The second kappa shape index (κ2) is 10.2. The number of esters is 1. The molecule has 7 heteroatoms. The molecule has 0 bridgehead atoms. The van der Waals surface area contributed by atoms with Gasteiger partial charge in [-0.25, -0.2) is 4.39 Å². The van der Waals surface area contributed by atoms with E-state index < -0.39 is 24.3 Å². The van der Waals surface area contributed by atoms with Crippen LogP contribution in [-0.4, -0.2) is 42.4 Å². The van der Waals surface area contributed by atoms with Gasteiger partial charge in [0.15, 0.2) is 6.61 Å². The molecule has 0 heterocycles. The summed E-state index contributed by atoms with van der Waals surface area (Å²) in [6.45, 7) is 4.46. The molecule has 2 rings (SSSR count). The van der Waals surface area contributed by atoms with Gasteiger partial charge >= 0.3 is 5.97 Å². The van der Waals surface area contributed by atoms with Crippen molar-refractivity contribution in [3.63, 3.8) is 0 Å². The number of hydrogen-bond acceptors (Lipinski definition) is 4. The molecular formula is C21H23FN2O4. The van der Waals surface area contributed by atoms with Crippen molar-refractivity contribution >= 4 is 23.5 Å². The molecule has 0 unspecified atom stereocenters. The Balaban J connectivity index is 1.89. The zero-order valence-corrected chi connectivity index (χ0v) is 15.9. The molecule has 1 N–H and O–H groups in total. The maximum atomic E-state index is 13.5. The molecule has 0 fully saturated rings. The topological polar surface area (TPSA) is 75.7 Å². The zero-order valence-electron chi connectivity index (χ0n) is 15.9. The van der Waals surface area contributed by atoms with Gasteiger partial charge in [0.2, 0.25) is 0 Å². The molecule has 148 valence electrons. The van der Waals surface area contributed by atoms with Crippen molar-refractivity contribution in [1.82, 2.24) is 4.90 Å². The maximum absolute atomic E-state index is 13.5. The Kier molecular flexibility index (Phi) is 7.68. The molecule has 0 aliphatic carbocycles. The van der Waals surface area contributed by atoms with E-state index >= 15 is 0 Å². The fourth-order valence-electron chi connectivity index (χ4n) is 2.61. The van der Waals surface area contributed by atoms with Gasteiger partial charge in [0, 0.05) is 24.3 Å². The minimum atomic E-state index is -0.703. The highest BCUT2D eigenvalue weighted by atomic mass is 19.1. The maximum Gasteiger partial charge on any atom is 0.310 e. The standard InChI is InChI=1S/C21H23FN2O4/c1-3-24(4-2)21(27)16-9-7-10-17(12-16)23-19(25)14-28-20(26)13-15-8-5-6-11-18(15)22/h5-12H,3-4,13-14H2,1-2H3,(H,23,25). The monoisotopic (exact) mass is 386 g/mol. The molecule has 0 spiro atoms. The van der Waals surface area contributed by atoms with Crippen molar-refractivity contribution in [3.05, 3.63) is 65.5 Å². The Morgan fingerprint density at radius 2 is 1.75 bits per heavy atom. The SMILES string of the molecule is CCN(CC)C(=O)c1cccc(NC(=O)COC(=O)Cc2ccccc2F)c1. The van der Waals surface area contributed by atoms with E-state index in [0.29, 0.717) is 24.3 Å². The third kappa shape index (κ3) is 5.90. The smallest absolute Gasteiger partial charge is 0.310 e.